The van der Waals surface area contributed by atoms with E-state index in [0.717, 1.165) is 16.5 Å². The first kappa shape index (κ1) is 14.2. The van der Waals surface area contributed by atoms with Gasteiger partial charge in [0.25, 0.3) is 0 Å². The smallest absolute Gasteiger partial charge is 0.321 e. The van der Waals surface area contributed by atoms with Crippen LogP contribution in [0.2, 0.25) is 0 Å². The summed E-state index contributed by atoms with van der Waals surface area (Å²) in [7, 11) is 0. The molecule has 96 valence electrons. The number of nitrogens with one attached hydrogen (secondary N) is 2. The van der Waals surface area contributed by atoms with E-state index in [4.69, 9.17) is 0 Å². The number of carbonyl (C=O) groups is 1. The molecule has 0 spiro atoms. The standard InChI is InChI=1S/C10H18N4OS2/c1-5-6-16-9-14-13-8(17-9)11-7(15)12-10(2,3)4/h5-6H2,1-4H3,(H2,11,12,13,15). The summed E-state index contributed by atoms with van der Waals surface area (Å²) in [6.45, 7) is 7.89. The van der Waals surface area contributed by atoms with Crippen molar-refractivity contribution in [3.63, 3.8) is 0 Å². The van der Waals surface area contributed by atoms with Crippen LogP contribution in [0.4, 0.5) is 9.93 Å². The third-order valence-electron chi connectivity index (χ3n) is 1.55. The molecule has 0 bridgehead atoms. The minimum atomic E-state index is -0.255. The molecule has 0 saturated carbocycles. The predicted octanol–water partition coefficient (Wildman–Crippen LogP) is 2.96. The summed E-state index contributed by atoms with van der Waals surface area (Å²) in [5.41, 5.74) is -0.255. The minimum Gasteiger partial charge on any atom is -0.333 e. The molecule has 0 unspecified atom stereocenters. The molecule has 1 heterocycles. The van der Waals surface area contributed by atoms with Crippen LogP contribution >= 0.6 is 23.1 Å². The molecule has 0 aliphatic carbocycles. The van der Waals surface area contributed by atoms with Crippen molar-refractivity contribution in [3.05, 3.63) is 0 Å². The zero-order chi connectivity index (χ0) is 12.9. The lowest BCUT2D eigenvalue weighted by Gasteiger charge is -2.19. The number of aromatic nitrogens is 2. The predicted molar refractivity (Wildman–Crippen MR) is 72.8 cm³/mol. The molecule has 1 aromatic heterocycles. The van der Waals surface area contributed by atoms with Crippen LogP contribution in [0.5, 0.6) is 0 Å². The van der Waals surface area contributed by atoms with Crippen molar-refractivity contribution >= 4 is 34.3 Å². The van der Waals surface area contributed by atoms with Gasteiger partial charge in [-0.05, 0) is 27.2 Å². The number of amides is 2. The zero-order valence-electron chi connectivity index (χ0n) is 10.5. The molecule has 0 saturated heterocycles. The Hall–Kier alpha value is -0.820. The van der Waals surface area contributed by atoms with E-state index in [1.165, 1.54) is 11.3 Å². The van der Waals surface area contributed by atoms with Crippen LogP contribution in [0.25, 0.3) is 0 Å². The minimum absolute atomic E-state index is 0.249. The van der Waals surface area contributed by atoms with Gasteiger partial charge in [0.1, 0.15) is 0 Å². The van der Waals surface area contributed by atoms with Gasteiger partial charge in [-0.2, -0.15) is 0 Å². The lowest BCUT2D eigenvalue weighted by Crippen LogP contribution is -2.43. The fraction of sp³-hybridized carbons (Fsp3) is 0.700. The molecule has 0 radical (unpaired) electrons. The fourth-order valence-electron chi connectivity index (χ4n) is 0.977. The third kappa shape index (κ3) is 5.88. The topological polar surface area (TPSA) is 66.9 Å². The Kier molecular flexibility index (Phi) is 5.20. The van der Waals surface area contributed by atoms with E-state index in [9.17, 15) is 4.79 Å². The number of hydrogen-bond acceptors (Lipinski definition) is 5. The summed E-state index contributed by atoms with van der Waals surface area (Å²) in [6, 6.07) is -0.249. The summed E-state index contributed by atoms with van der Waals surface area (Å²) >= 11 is 3.05. The molecule has 1 aromatic rings. The van der Waals surface area contributed by atoms with Crippen molar-refractivity contribution in [2.75, 3.05) is 11.1 Å². The van der Waals surface area contributed by atoms with Crippen molar-refractivity contribution in [2.24, 2.45) is 0 Å². The average molecular weight is 274 g/mol. The largest absolute Gasteiger partial charge is 0.333 e. The first-order valence-corrected chi connectivity index (χ1v) is 7.26. The van der Waals surface area contributed by atoms with Crippen LogP contribution in [-0.2, 0) is 0 Å². The van der Waals surface area contributed by atoms with E-state index < -0.39 is 0 Å². The quantitative estimate of drug-likeness (QED) is 0.654. The van der Waals surface area contributed by atoms with E-state index in [1.54, 1.807) is 11.8 Å². The monoisotopic (exact) mass is 274 g/mol. The Balaban J connectivity index is 2.46. The van der Waals surface area contributed by atoms with Gasteiger partial charge in [0.2, 0.25) is 5.13 Å². The maximum absolute atomic E-state index is 11.6. The zero-order valence-corrected chi connectivity index (χ0v) is 12.2. The van der Waals surface area contributed by atoms with Gasteiger partial charge in [-0.25, -0.2) is 4.79 Å². The van der Waals surface area contributed by atoms with E-state index in [0.29, 0.717) is 5.13 Å². The van der Waals surface area contributed by atoms with Crippen molar-refractivity contribution in [2.45, 2.75) is 44.0 Å². The van der Waals surface area contributed by atoms with Gasteiger partial charge in [0.15, 0.2) is 4.34 Å². The van der Waals surface area contributed by atoms with Crippen molar-refractivity contribution < 1.29 is 4.79 Å². The molecule has 0 aliphatic heterocycles. The van der Waals surface area contributed by atoms with Gasteiger partial charge in [0, 0.05) is 11.3 Å². The van der Waals surface area contributed by atoms with Gasteiger partial charge in [-0.1, -0.05) is 30.0 Å². The van der Waals surface area contributed by atoms with Crippen LogP contribution < -0.4 is 10.6 Å². The SMILES string of the molecule is CCCSc1nnc(NC(=O)NC(C)(C)C)s1. The highest BCUT2D eigenvalue weighted by atomic mass is 32.2. The van der Waals surface area contributed by atoms with Crippen LogP contribution in [0, 0.1) is 0 Å². The number of rotatable bonds is 4. The van der Waals surface area contributed by atoms with Crippen molar-refractivity contribution in [1.29, 1.82) is 0 Å². The normalized spacial score (nSPS) is 11.3. The van der Waals surface area contributed by atoms with Gasteiger partial charge in [-0.3, -0.25) is 5.32 Å². The second-order valence-corrected chi connectivity index (χ2v) is 6.87. The number of hydrogen-bond donors (Lipinski definition) is 2. The highest BCUT2D eigenvalue weighted by molar-refractivity contribution is 8.01. The number of urea groups is 1. The van der Waals surface area contributed by atoms with Gasteiger partial charge in [0.05, 0.1) is 0 Å². The molecule has 0 aliphatic rings. The number of thioether (sulfide) groups is 1. The molecule has 0 fully saturated rings. The van der Waals surface area contributed by atoms with Gasteiger partial charge in [-0.15, -0.1) is 10.2 Å². The molecule has 0 atom stereocenters. The van der Waals surface area contributed by atoms with E-state index in [1.807, 2.05) is 20.8 Å². The number of nitrogens with zero attached hydrogens (tertiary/aromatic N) is 2. The number of anilines is 1. The number of carbonyl (C=O) groups excluding carboxylic acids is 1. The first-order valence-electron chi connectivity index (χ1n) is 5.46. The molecule has 2 N–H and O–H groups in total. The Bertz CT molecular complexity index is 373. The molecule has 0 aromatic carbocycles. The van der Waals surface area contributed by atoms with Crippen molar-refractivity contribution in [3.8, 4) is 0 Å². The maximum atomic E-state index is 11.6. The molecule has 5 nitrogen and oxygen atoms in total. The third-order valence-corrected chi connectivity index (χ3v) is 3.72. The molecule has 1 rings (SSSR count). The average Bonchev–Trinajstić information content (AvgIpc) is 2.59. The fourth-order valence-corrected chi connectivity index (χ4v) is 2.65. The summed E-state index contributed by atoms with van der Waals surface area (Å²) < 4.78 is 0.887. The summed E-state index contributed by atoms with van der Waals surface area (Å²) in [4.78, 5) is 11.6. The molecule has 17 heavy (non-hydrogen) atoms. The van der Waals surface area contributed by atoms with Crippen LogP contribution in [-0.4, -0.2) is 27.5 Å². The maximum Gasteiger partial charge on any atom is 0.321 e. The Labute approximate surface area is 110 Å². The Morgan fingerprint density at radius 1 is 1.41 bits per heavy atom. The molecule has 7 heteroatoms. The highest BCUT2D eigenvalue weighted by Gasteiger charge is 2.15. The first-order chi connectivity index (χ1) is 7.90. The van der Waals surface area contributed by atoms with Crippen LogP contribution in [0.1, 0.15) is 34.1 Å². The van der Waals surface area contributed by atoms with Crippen LogP contribution in [0.3, 0.4) is 0 Å². The van der Waals surface area contributed by atoms with E-state index >= 15 is 0 Å². The lowest BCUT2D eigenvalue weighted by atomic mass is 10.1. The summed E-state index contributed by atoms with van der Waals surface area (Å²) in [6.07, 6.45) is 1.09. The van der Waals surface area contributed by atoms with Crippen molar-refractivity contribution in [1.82, 2.24) is 15.5 Å². The molecular formula is C10H18N4OS2. The highest BCUT2D eigenvalue weighted by Crippen LogP contribution is 2.25. The molecular weight excluding hydrogens is 256 g/mol. The summed E-state index contributed by atoms with van der Waals surface area (Å²) in [5.74, 6) is 1.02. The van der Waals surface area contributed by atoms with Gasteiger partial charge < -0.3 is 5.32 Å². The van der Waals surface area contributed by atoms with Gasteiger partial charge >= 0.3 is 6.03 Å². The second-order valence-electron chi connectivity index (χ2n) is 4.55. The second kappa shape index (κ2) is 6.20. The Morgan fingerprint density at radius 2 is 2.12 bits per heavy atom. The Morgan fingerprint density at radius 3 is 2.71 bits per heavy atom. The lowest BCUT2D eigenvalue weighted by molar-refractivity contribution is 0.244. The van der Waals surface area contributed by atoms with Crippen LogP contribution in [0.15, 0.2) is 4.34 Å². The van der Waals surface area contributed by atoms with E-state index in [-0.39, 0.29) is 11.6 Å². The van der Waals surface area contributed by atoms with E-state index in [2.05, 4.69) is 27.8 Å². The summed E-state index contributed by atoms with van der Waals surface area (Å²) in [5, 5.41) is 13.9. The molecule has 2 amide bonds.